The summed E-state index contributed by atoms with van der Waals surface area (Å²) < 4.78 is 27.2. The summed E-state index contributed by atoms with van der Waals surface area (Å²) in [5.41, 5.74) is 0.815. The van der Waals surface area contributed by atoms with Crippen LogP contribution in [-0.4, -0.2) is 30.3 Å². The summed E-state index contributed by atoms with van der Waals surface area (Å²) in [4.78, 5) is 30.9. The van der Waals surface area contributed by atoms with Crippen molar-refractivity contribution >= 4 is 32.5 Å². The van der Waals surface area contributed by atoms with Gasteiger partial charge in [0.15, 0.2) is 0 Å². The van der Waals surface area contributed by atoms with E-state index in [2.05, 4.69) is 20.0 Å². The highest BCUT2D eigenvalue weighted by Crippen LogP contribution is 2.23. The molecule has 1 aromatic heterocycles. The van der Waals surface area contributed by atoms with Gasteiger partial charge in [0.25, 0.3) is 11.5 Å². The summed E-state index contributed by atoms with van der Waals surface area (Å²) in [6, 6.07) is 10.6. The number of amides is 1. The maximum Gasteiger partial charge on any atom is 0.258 e. The molecular weight excluding hydrogens is 368 g/mol. The maximum absolute atomic E-state index is 12.5. The molecule has 4 rings (SSSR count). The second-order valence-electron chi connectivity index (χ2n) is 6.34. The summed E-state index contributed by atoms with van der Waals surface area (Å²) in [7, 11) is -3.64. The quantitative estimate of drug-likeness (QED) is 0.617. The number of carbonyl (C=O) groups excluding carboxylic acids is 1. The Hall–Kier alpha value is -3.04. The molecule has 1 aliphatic rings. The second kappa shape index (κ2) is 6.60. The van der Waals surface area contributed by atoms with Gasteiger partial charge in [0.05, 0.1) is 22.1 Å². The molecule has 9 heteroatoms. The Morgan fingerprint density at radius 1 is 1.15 bits per heavy atom. The average Bonchev–Trinajstić information content (AvgIpc) is 3.46. The van der Waals surface area contributed by atoms with Crippen molar-refractivity contribution in [3.8, 4) is 0 Å². The number of benzene rings is 2. The minimum Gasteiger partial charge on any atom is -0.322 e. The third kappa shape index (κ3) is 3.74. The fraction of sp³-hybridized carbons (Fsp3) is 0.167. The van der Waals surface area contributed by atoms with E-state index in [1.807, 2.05) is 0 Å². The van der Waals surface area contributed by atoms with Crippen molar-refractivity contribution in [2.24, 2.45) is 0 Å². The molecule has 2 aromatic carbocycles. The van der Waals surface area contributed by atoms with E-state index in [9.17, 15) is 18.0 Å². The third-order valence-corrected chi connectivity index (χ3v) is 5.72. The van der Waals surface area contributed by atoms with Crippen molar-refractivity contribution in [3.05, 3.63) is 64.7 Å². The molecule has 1 fully saturated rings. The van der Waals surface area contributed by atoms with Crippen LogP contribution in [0.5, 0.6) is 0 Å². The second-order valence-corrected chi connectivity index (χ2v) is 8.06. The highest BCUT2D eigenvalue weighted by atomic mass is 32.2. The monoisotopic (exact) mass is 384 g/mol. The van der Waals surface area contributed by atoms with E-state index in [4.69, 9.17) is 0 Å². The lowest BCUT2D eigenvalue weighted by Crippen LogP contribution is -2.26. The minimum absolute atomic E-state index is 0.0169. The first-order valence-corrected chi connectivity index (χ1v) is 9.82. The number of aromatic amines is 1. The smallest absolute Gasteiger partial charge is 0.258 e. The van der Waals surface area contributed by atoms with E-state index < -0.39 is 15.9 Å². The molecule has 3 N–H and O–H groups in total. The number of nitrogens with one attached hydrogen (secondary N) is 3. The molecule has 0 aliphatic heterocycles. The van der Waals surface area contributed by atoms with E-state index in [-0.39, 0.29) is 22.1 Å². The van der Waals surface area contributed by atoms with Crippen molar-refractivity contribution in [1.82, 2.24) is 14.7 Å². The fourth-order valence-electron chi connectivity index (χ4n) is 2.64. The van der Waals surface area contributed by atoms with Gasteiger partial charge in [-0.05, 0) is 49.2 Å². The van der Waals surface area contributed by atoms with Crippen molar-refractivity contribution in [2.75, 3.05) is 5.32 Å². The predicted octanol–water partition coefficient (Wildman–Crippen LogP) is 1.62. The van der Waals surface area contributed by atoms with Gasteiger partial charge in [0, 0.05) is 17.3 Å². The first-order chi connectivity index (χ1) is 12.9. The number of rotatable bonds is 5. The van der Waals surface area contributed by atoms with E-state index in [1.165, 1.54) is 36.7 Å². The van der Waals surface area contributed by atoms with Crippen LogP contribution in [0.15, 0.2) is 58.5 Å². The van der Waals surface area contributed by atoms with Crippen LogP contribution in [0.3, 0.4) is 0 Å². The Kier molecular flexibility index (Phi) is 4.25. The van der Waals surface area contributed by atoms with Gasteiger partial charge in [-0.2, -0.15) is 0 Å². The van der Waals surface area contributed by atoms with Crippen molar-refractivity contribution in [1.29, 1.82) is 0 Å². The van der Waals surface area contributed by atoms with Crippen LogP contribution in [-0.2, 0) is 10.0 Å². The predicted molar refractivity (Wildman–Crippen MR) is 100 cm³/mol. The number of nitrogens with zero attached hydrogens (tertiary/aromatic N) is 1. The van der Waals surface area contributed by atoms with Gasteiger partial charge in [-0.3, -0.25) is 9.59 Å². The molecule has 3 aromatic rings. The number of fused-ring (bicyclic) bond motifs is 1. The molecule has 0 atom stereocenters. The Labute approximate surface area is 154 Å². The number of carbonyl (C=O) groups is 1. The lowest BCUT2D eigenvalue weighted by Gasteiger charge is -2.09. The maximum atomic E-state index is 12.5. The molecule has 8 nitrogen and oxygen atoms in total. The van der Waals surface area contributed by atoms with Crippen LogP contribution in [0.1, 0.15) is 23.2 Å². The lowest BCUT2D eigenvalue weighted by atomic mass is 10.2. The molecule has 1 heterocycles. The van der Waals surface area contributed by atoms with Crippen LogP contribution < -0.4 is 15.6 Å². The van der Waals surface area contributed by atoms with Crippen molar-refractivity contribution in [3.63, 3.8) is 0 Å². The normalized spacial score (nSPS) is 14.2. The standard InChI is InChI=1S/C18H16N4O4S/c23-17(21-13-6-7-16-15(9-13)18(24)20-10-19-16)11-2-1-3-14(8-11)27(25,26)22-12-4-5-12/h1-3,6-10,12,22H,4-5H2,(H,21,23)(H,19,20,24). The molecule has 1 saturated carbocycles. The van der Waals surface area contributed by atoms with Crippen LogP contribution in [0.2, 0.25) is 0 Å². The Bertz CT molecular complexity index is 1200. The van der Waals surface area contributed by atoms with E-state index in [0.717, 1.165) is 12.8 Å². The molecule has 1 aliphatic carbocycles. The first kappa shape index (κ1) is 17.4. The molecule has 0 saturated heterocycles. The van der Waals surface area contributed by atoms with Gasteiger partial charge < -0.3 is 10.3 Å². The van der Waals surface area contributed by atoms with E-state index in [1.54, 1.807) is 12.1 Å². The molecule has 27 heavy (non-hydrogen) atoms. The summed E-state index contributed by atoms with van der Waals surface area (Å²) in [5, 5.41) is 3.02. The topological polar surface area (TPSA) is 121 Å². The van der Waals surface area contributed by atoms with Gasteiger partial charge in [-0.1, -0.05) is 6.07 Å². The van der Waals surface area contributed by atoms with Gasteiger partial charge in [0.1, 0.15) is 0 Å². The number of anilines is 1. The molecule has 0 spiro atoms. The molecular formula is C18H16N4O4S. The fourth-order valence-corrected chi connectivity index (χ4v) is 3.99. The molecule has 138 valence electrons. The summed E-state index contributed by atoms with van der Waals surface area (Å²) in [5.74, 6) is -0.474. The van der Waals surface area contributed by atoms with Gasteiger partial charge >= 0.3 is 0 Å². The summed E-state index contributed by atoms with van der Waals surface area (Å²) in [6.07, 6.45) is 2.97. The van der Waals surface area contributed by atoms with Gasteiger partial charge in [-0.15, -0.1) is 0 Å². The zero-order valence-corrected chi connectivity index (χ0v) is 14.9. The Morgan fingerprint density at radius 2 is 1.96 bits per heavy atom. The van der Waals surface area contributed by atoms with E-state index in [0.29, 0.717) is 16.6 Å². The Morgan fingerprint density at radius 3 is 2.74 bits per heavy atom. The highest BCUT2D eigenvalue weighted by Gasteiger charge is 2.28. The van der Waals surface area contributed by atoms with E-state index >= 15 is 0 Å². The zero-order chi connectivity index (χ0) is 19.0. The average molecular weight is 384 g/mol. The minimum atomic E-state index is -3.64. The SMILES string of the molecule is O=C(Nc1ccc2nc[nH]c(=O)c2c1)c1cccc(S(=O)(=O)NC2CC2)c1. The van der Waals surface area contributed by atoms with Crippen LogP contribution in [0.25, 0.3) is 10.9 Å². The number of hydrogen-bond acceptors (Lipinski definition) is 5. The lowest BCUT2D eigenvalue weighted by molar-refractivity contribution is 0.102. The van der Waals surface area contributed by atoms with Crippen LogP contribution >= 0.6 is 0 Å². The van der Waals surface area contributed by atoms with Gasteiger partial charge in [-0.25, -0.2) is 18.1 Å². The number of hydrogen-bond donors (Lipinski definition) is 3. The zero-order valence-electron chi connectivity index (χ0n) is 14.1. The number of sulfonamides is 1. The van der Waals surface area contributed by atoms with Crippen molar-refractivity contribution in [2.45, 2.75) is 23.8 Å². The molecule has 0 unspecified atom stereocenters. The van der Waals surface area contributed by atoms with Crippen LogP contribution in [0, 0.1) is 0 Å². The highest BCUT2D eigenvalue weighted by molar-refractivity contribution is 7.89. The van der Waals surface area contributed by atoms with Gasteiger partial charge in [0.2, 0.25) is 10.0 Å². The summed E-state index contributed by atoms with van der Waals surface area (Å²) in [6.45, 7) is 0. The number of aromatic nitrogens is 2. The Balaban J connectivity index is 1.59. The molecule has 0 bridgehead atoms. The number of H-pyrrole nitrogens is 1. The van der Waals surface area contributed by atoms with Crippen LogP contribution in [0.4, 0.5) is 5.69 Å². The first-order valence-electron chi connectivity index (χ1n) is 8.33. The molecule has 1 amide bonds. The van der Waals surface area contributed by atoms with Crippen molar-refractivity contribution < 1.29 is 13.2 Å². The largest absolute Gasteiger partial charge is 0.322 e. The third-order valence-electron chi connectivity index (χ3n) is 4.20. The summed E-state index contributed by atoms with van der Waals surface area (Å²) >= 11 is 0. The molecule has 0 radical (unpaired) electrons.